The monoisotopic (exact) mass is 392 g/mol. The Labute approximate surface area is 171 Å². The Morgan fingerprint density at radius 1 is 1.10 bits per heavy atom. The smallest absolute Gasteiger partial charge is 0.236 e. The van der Waals surface area contributed by atoms with Crippen molar-refractivity contribution in [3.8, 4) is 5.75 Å². The molecular weight excluding hydrogens is 364 g/mol. The van der Waals surface area contributed by atoms with E-state index in [2.05, 4.69) is 4.98 Å². The molecule has 1 aliphatic heterocycles. The van der Waals surface area contributed by atoms with Crippen molar-refractivity contribution in [3.05, 3.63) is 65.4 Å². The fourth-order valence-electron chi connectivity index (χ4n) is 3.74. The minimum Gasteiger partial charge on any atom is -0.489 e. The van der Waals surface area contributed by atoms with E-state index >= 15 is 0 Å². The van der Waals surface area contributed by atoms with E-state index in [0.29, 0.717) is 13.0 Å². The van der Waals surface area contributed by atoms with E-state index in [1.54, 1.807) is 7.05 Å². The lowest BCUT2D eigenvalue weighted by Crippen LogP contribution is -2.35. The second kappa shape index (κ2) is 8.95. The molecule has 0 saturated heterocycles. The predicted molar refractivity (Wildman–Crippen MR) is 115 cm³/mol. The van der Waals surface area contributed by atoms with Crippen LogP contribution in [0.2, 0.25) is 0 Å². The molecule has 1 atom stereocenters. The van der Waals surface area contributed by atoms with Crippen LogP contribution >= 0.6 is 0 Å². The Bertz CT molecular complexity index is 1010. The molecule has 0 saturated carbocycles. The summed E-state index contributed by atoms with van der Waals surface area (Å²) in [6.45, 7) is 6.46. The van der Waals surface area contributed by atoms with Gasteiger partial charge in [0.2, 0.25) is 11.8 Å². The van der Waals surface area contributed by atoms with Gasteiger partial charge in [0.1, 0.15) is 12.4 Å². The minimum absolute atomic E-state index is 0.141. The summed E-state index contributed by atoms with van der Waals surface area (Å²) >= 11 is 0. The van der Waals surface area contributed by atoms with Crippen LogP contribution in [0.3, 0.4) is 0 Å². The largest absolute Gasteiger partial charge is 0.489 e. The molecule has 1 aromatic heterocycles. The molecule has 0 radical (unpaired) electrons. The number of benzene rings is 2. The maximum atomic E-state index is 12.7. The molecule has 5 heteroatoms. The van der Waals surface area contributed by atoms with Crippen LogP contribution in [0.25, 0.3) is 10.9 Å². The van der Waals surface area contributed by atoms with Crippen molar-refractivity contribution in [2.24, 2.45) is 0 Å². The summed E-state index contributed by atoms with van der Waals surface area (Å²) < 4.78 is 5.95. The van der Waals surface area contributed by atoms with Gasteiger partial charge >= 0.3 is 0 Å². The average Bonchev–Trinajstić information content (AvgIpc) is 3.07. The van der Waals surface area contributed by atoms with Gasteiger partial charge < -0.3 is 9.72 Å². The van der Waals surface area contributed by atoms with Crippen LogP contribution < -0.4 is 4.74 Å². The highest BCUT2D eigenvalue weighted by Crippen LogP contribution is 2.36. The summed E-state index contributed by atoms with van der Waals surface area (Å²) in [5.41, 5.74) is 3.79. The van der Waals surface area contributed by atoms with Crippen LogP contribution in [0.4, 0.5) is 0 Å². The molecule has 0 aliphatic carbocycles. The Morgan fingerprint density at radius 2 is 1.83 bits per heavy atom. The molecule has 1 aliphatic rings. The fourth-order valence-corrected chi connectivity index (χ4v) is 3.74. The van der Waals surface area contributed by atoms with E-state index in [1.807, 2.05) is 69.3 Å². The summed E-state index contributed by atoms with van der Waals surface area (Å²) in [5, 5.41) is 0.957. The molecule has 4 rings (SSSR count). The Kier molecular flexibility index (Phi) is 6.37. The molecule has 1 unspecified atom stereocenters. The van der Waals surface area contributed by atoms with Crippen molar-refractivity contribution in [2.45, 2.75) is 46.1 Å². The molecule has 29 heavy (non-hydrogen) atoms. The molecule has 1 N–H and O–H groups in total. The first-order chi connectivity index (χ1) is 14.1. The number of rotatable bonds is 4. The van der Waals surface area contributed by atoms with Crippen molar-refractivity contribution < 1.29 is 14.3 Å². The molecule has 0 fully saturated rings. The van der Waals surface area contributed by atoms with E-state index < -0.39 is 0 Å². The van der Waals surface area contributed by atoms with Gasteiger partial charge in [-0.25, -0.2) is 0 Å². The third kappa shape index (κ3) is 4.04. The normalized spacial score (nSPS) is 16.1. The maximum Gasteiger partial charge on any atom is 0.236 e. The number of fused-ring (bicyclic) bond motifs is 3. The Morgan fingerprint density at radius 3 is 2.52 bits per heavy atom. The number of nitrogens with zero attached hydrogens (tertiary/aromatic N) is 1. The third-order valence-corrected chi connectivity index (χ3v) is 5.23. The molecule has 0 bridgehead atoms. The third-order valence-electron chi connectivity index (χ3n) is 5.23. The first-order valence-electron chi connectivity index (χ1n) is 10.2. The fraction of sp³-hybridized carbons (Fsp3) is 0.333. The summed E-state index contributed by atoms with van der Waals surface area (Å²) in [5.74, 6) is 0.107. The van der Waals surface area contributed by atoms with Crippen LogP contribution in [0, 0.1) is 0 Å². The number of carbonyl (C=O) groups is 2. The minimum atomic E-state index is -0.324. The van der Waals surface area contributed by atoms with Crippen molar-refractivity contribution in [1.29, 1.82) is 0 Å². The number of imide groups is 1. The molecule has 5 nitrogen and oxygen atoms in total. The first kappa shape index (κ1) is 20.6. The van der Waals surface area contributed by atoms with Gasteiger partial charge in [0.25, 0.3) is 0 Å². The number of likely N-dealkylation sites (N-methyl/N-ethyl adjacent to an activating group) is 1. The summed E-state index contributed by atoms with van der Waals surface area (Å²) in [7, 11) is 1.57. The zero-order valence-corrected chi connectivity index (χ0v) is 17.5. The lowest BCUT2D eigenvalue weighted by molar-refractivity contribution is -0.143. The molecule has 2 aromatic carbocycles. The van der Waals surface area contributed by atoms with E-state index in [9.17, 15) is 9.59 Å². The van der Waals surface area contributed by atoms with E-state index in [-0.39, 0.29) is 24.2 Å². The predicted octanol–water partition coefficient (Wildman–Crippen LogP) is 4.81. The number of H-pyrrole nitrogens is 1. The Balaban J connectivity index is 0.00000117. The van der Waals surface area contributed by atoms with Gasteiger partial charge in [0.05, 0.1) is 12.3 Å². The van der Waals surface area contributed by atoms with Crippen molar-refractivity contribution in [1.82, 2.24) is 9.88 Å². The van der Waals surface area contributed by atoms with Crippen LogP contribution in [-0.4, -0.2) is 28.7 Å². The standard InChI is InChI=1S/C22H22N2O3.C2H6/c1-3-16-21-17-11-15(27-13-14-7-5-4-6-8-14)9-10-18(17)23-19(21)12-20(25)24(2)22(16)26;1-2/h4-11,16,23H,3,12-13H2,1-2H3;1-2H3. The number of carbonyl (C=O) groups excluding carboxylic acids is 2. The maximum absolute atomic E-state index is 12.7. The summed E-state index contributed by atoms with van der Waals surface area (Å²) in [6.07, 6.45) is 0.856. The average molecular weight is 392 g/mol. The molecular formula is C24H28N2O3. The zero-order valence-electron chi connectivity index (χ0n) is 17.5. The highest BCUT2D eigenvalue weighted by molar-refractivity contribution is 6.04. The number of hydrogen-bond donors (Lipinski definition) is 1. The molecule has 152 valence electrons. The van der Waals surface area contributed by atoms with Gasteiger partial charge in [-0.05, 0) is 35.7 Å². The first-order valence-corrected chi connectivity index (χ1v) is 10.2. The van der Waals surface area contributed by atoms with Gasteiger partial charge in [-0.15, -0.1) is 0 Å². The molecule has 0 spiro atoms. The van der Waals surface area contributed by atoms with E-state index in [4.69, 9.17) is 4.74 Å². The molecule has 2 heterocycles. The molecule has 3 aromatic rings. The quantitative estimate of drug-likeness (QED) is 0.648. The summed E-state index contributed by atoms with van der Waals surface area (Å²) in [6, 6.07) is 15.8. The van der Waals surface area contributed by atoms with Gasteiger partial charge in [-0.1, -0.05) is 51.1 Å². The SMILES string of the molecule is CC.CCC1C(=O)N(C)C(=O)Cc2[nH]c3ccc(OCc4ccccc4)cc3c21. The highest BCUT2D eigenvalue weighted by Gasteiger charge is 2.34. The van der Waals surface area contributed by atoms with Crippen molar-refractivity contribution >= 4 is 22.7 Å². The van der Waals surface area contributed by atoms with Gasteiger partial charge in [-0.2, -0.15) is 0 Å². The second-order valence-electron chi connectivity index (χ2n) is 6.93. The van der Waals surface area contributed by atoms with E-state index in [1.165, 1.54) is 4.90 Å². The number of nitrogens with one attached hydrogen (secondary N) is 1. The lowest BCUT2D eigenvalue weighted by Gasteiger charge is -2.18. The topological polar surface area (TPSA) is 62.4 Å². The number of aromatic amines is 1. The zero-order chi connectivity index (χ0) is 21.0. The van der Waals surface area contributed by atoms with Crippen molar-refractivity contribution in [2.75, 3.05) is 7.05 Å². The number of ether oxygens (including phenoxy) is 1. The lowest BCUT2D eigenvalue weighted by atomic mass is 9.92. The Hall–Kier alpha value is -3.08. The van der Waals surface area contributed by atoms with Crippen LogP contribution in [0.1, 0.15) is 49.9 Å². The summed E-state index contributed by atoms with van der Waals surface area (Å²) in [4.78, 5) is 29.7. The van der Waals surface area contributed by atoms with E-state index in [0.717, 1.165) is 33.5 Å². The van der Waals surface area contributed by atoms with Gasteiger partial charge in [0, 0.05) is 23.6 Å². The van der Waals surface area contributed by atoms with Crippen LogP contribution in [-0.2, 0) is 22.6 Å². The number of hydrogen-bond acceptors (Lipinski definition) is 3. The second-order valence-corrected chi connectivity index (χ2v) is 6.93. The van der Waals surface area contributed by atoms with Gasteiger partial charge in [0.15, 0.2) is 0 Å². The molecule has 2 amide bonds. The van der Waals surface area contributed by atoms with Crippen LogP contribution in [0.5, 0.6) is 5.75 Å². The number of amides is 2. The van der Waals surface area contributed by atoms with Crippen molar-refractivity contribution in [3.63, 3.8) is 0 Å². The highest BCUT2D eigenvalue weighted by atomic mass is 16.5. The van der Waals surface area contributed by atoms with Gasteiger partial charge in [-0.3, -0.25) is 14.5 Å². The van der Waals surface area contributed by atoms with Crippen LogP contribution in [0.15, 0.2) is 48.5 Å². The number of aromatic nitrogens is 1.